The van der Waals surface area contributed by atoms with E-state index in [1.807, 2.05) is 22.7 Å². The van der Waals surface area contributed by atoms with E-state index in [1.54, 1.807) is 24.0 Å². The predicted octanol–water partition coefficient (Wildman–Crippen LogP) is 0.876. The summed E-state index contributed by atoms with van der Waals surface area (Å²) in [5.41, 5.74) is 1.65. The van der Waals surface area contributed by atoms with Crippen molar-refractivity contribution in [3.8, 4) is 11.3 Å². The van der Waals surface area contributed by atoms with Crippen molar-refractivity contribution in [3.63, 3.8) is 0 Å². The fourth-order valence-electron chi connectivity index (χ4n) is 3.77. The minimum absolute atomic E-state index is 0.179. The molecule has 156 valence electrons. The second kappa shape index (κ2) is 6.80. The third kappa shape index (κ3) is 2.89. The van der Waals surface area contributed by atoms with Crippen molar-refractivity contribution in [1.82, 2.24) is 15.1 Å². The fraction of sp³-hybridized carbons (Fsp3) is 0.368. The molecule has 0 radical (unpaired) electrons. The fourth-order valence-corrected chi connectivity index (χ4v) is 3.77. The van der Waals surface area contributed by atoms with Gasteiger partial charge in [0.25, 0.3) is 0 Å². The molecule has 5 rings (SSSR count). The van der Waals surface area contributed by atoms with E-state index in [9.17, 15) is 9.18 Å². The van der Waals surface area contributed by atoms with Crippen molar-refractivity contribution >= 4 is 17.7 Å². The van der Waals surface area contributed by atoms with Crippen LogP contribution in [0.3, 0.4) is 0 Å². The second-order valence-corrected chi connectivity index (χ2v) is 7.38. The Kier molecular flexibility index (Phi) is 4.21. The van der Waals surface area contributed by atoms with E-state index >= 15 is 0 Å². The standard InChI is InChI=1S/C19H20FN6O4/c1-23-18(21-22-24(23)2)25-7-11-5-16(30-17(11)9-25)14-4-3-12(6-15(14)20)26-8-13(10-27)29-19(26)28/h3-6,13,27H,7-10H2,1-2H3/q+1. The van der Waals surface area contributed by atoms with E-state index in [0.717, 1.165) is 17.3 Å². The number of carbonyl (C=O) groups excluding carboxylic acids is 1. The zero-order valence-electron chi connectivity index (χ0n) is 16.4. The van der Waals surface area contributed by atoms with Gasteiger partial charge in [-0.05, 0) is 24.3 Å². The van der Waals surface area contributed by atoms with Gasteiger partial charge in [-0.15, -0.1) is 0 Å². The number of amides is 1. The zero-order valence-corrected chi connectivity index (χ0v) is 16.4. The van der Waals surface area contributed by atoms with Gasteiger partial charge in [-0.25, -0.2) is 9.18 Å². The first-order valence-corrected chi connectivity index (χ1v) is 9.46. The Labute approximate surface area is 170 Å². The van der Waals surface area contributed by atoms with Crippen LogP contribution in [0.2, 0.25) is 0 Å². The highest BCUT2D eigenvalue weighted by Crippen LogP contribution is 2.35. The maximum Gasteiger partial charge on any atom is 0.414 e. The number of nitrogens with zero attached hydrogens (tertiary/aromatic N) is 6. The molecule has 1 atom stereocenters. The first-order chi connectivity index (χ1) is 14.4. The molecule has 2 aliphatic rings. The summed E-state index contributed by atoms with van der Waals surface area (Å²) in [6.07, 6.45) is -1.21. The summed E-state index contributed by atoms with van der Waals surface area (Å²) in [5.74, 6) is 1.41. The highest BCUT2D eigenvalue weighted by Gasteiger charge is 2.34. The van der Waals surface area contributed by atoms with Gasteiger partial charge in [0.15, 0.2) is 0 Å². The van der Waals surface area contributed by atoms with E-state index in [4.69, 9.17) is 14.3 Å². The van der Waals surface area contributed by atoms with Crippen LogP contribution >= 0.6 is 0 Å². The van der Waals surface area contributed by atoms with Crippen molar-refractivity contribution in [1.29, 1.82) is 0 Å². The molecule has 1 amide bonds. The van der Waals surface area contributed by atoms with Gasteiger partial charge in [0.2, 0.25) is 0 Å². The van der Waals surface area contributed by atoms with Crippen LogP contribution < -0.4 is 14.5 Å². The zero-order chi connectivity index (χ0) is 21.0. The smallest absolute Gasteiger partial charge is 0.414 e. The van der Waals surface area contributed by atoms with Crippen LogP contribution in [-0.4, -0.2) is 45.6 Å². The van der Waals surface area contributed by atoms with Crippen molar-refractivity contribution in [2.24, 2.45) is 14.1 Å². The lowest BCUT2D eigenvalue weighted by atomic mass is 10.1. The second-order valence-electron chi connectivity index (χ2n) is 7.38. The number of ether oxygens (including phenoxy) is 1. The van der Waals surface area contributed by atoms with Gasteiger partial charge in [0.1, 0.15) is 35.2 Å². The lowest BCUT2D eigenvalue weighted by Gasteiger charge is -2.14. The molecule has 10 nitrogen and oxygen atoms in total. The maximum atomic E-state index is 14.8. The number of benzene rings is 1. The molecular formula is C19H20FN6O4+. The van der Waals surface area contributed by atoms with Crippen molar-refractivity contribution in [2.45, 2.75) is 19.2 Å². The minimum atomic E-state index is -0.604. The van der Waals surface area contributed by atoms with E-state index in [2.05, 4.69) is 10.3 Å². The number of cyclic esters (lactones) is 1. The monoisotopic (exact) mass is 415 g/mol. The topological polar surface area (TPSA) is 101 Å². The normalized spacial score (nSPS) is 18.3. The lowest BCUT2D eigenvalue weighted by Crippen LogP contribution is -2.42. The first-order valence-electron chi connectivity index (χ1n) is 9.46. The van der Waals surface area contributed by atoms with Crippen LogP contribution in [0.4, 0.5) is 20.8 Å². The van der Waals surface area contributed by atoms with Crippen LogP contribution in [0.15, 0.2) is 28.7 Å². The van der Waals surface area contributed by atoms with Gasteiger partial charge >= 0.3 is 12.0 Å². The molecule has 0 aliphatic carbocycles. The highest BCUT2D eigenvalue weighted by atomic mass is 19.1. The highest BCUT2D eigenvalue weighted by molar-refractivity contribution is 5.90. The number of rotatable bonds is 4. The van der Waals surface area contributed by atoms with Crippen LogP contribution in [0.1, 0.15) is 11.3 Å². The van der Waals surface area contributed by atoms with E-state index in [0.29, 0.717) is 30.1 Å². The predicted molar refractivity (Wildman–Crippen MR) is 101 cm³/mol. The third-order valence-corrected chi connectivity index (χ3v) is 5.47. The number of tetrazole rings is 1. The van der Waals surface area contributed by atoms with Crippen LogP contribution in [-0.2, 0) is 31.9 Å². The number of anilines is 2. The SMILES string of the molecule is Cn1nnc(N2Cc3cc(-c4ccc(N5CC(CO)OC5=O)cc4F)oc3C2)[n+]1C. The van der Waals surface area contributed by atoms with Crippen LogP contribution in [0.25, 0.3) is 11.3 Å². The number of hydrogen-bond donors (Lipinski definition) is 1. The van der Waals surface area contributed by atoms with E-state index in [1.165, 1.54) is 11.0 Å². The van der Waals surface area contributed by atoms with Crippen molar-refractivity contribution in [2.75, 3.05) is 23.0 Å². The van der Waals surface area contributed by atoms with E-state index < -0.39 is 18.0 Å². The summed E-state index contributed by atoms with van der Waals surface area (Å²) >= 11 is 0. The van der Waals surface area contributed by atoms with Gasteiger partial charge in [0, 0.05) is 5.56 Å². The Hall–Kier alpha value is -3.47. The molecule has 4 heterocycles. The largest absolute Gasteiger partial charge is 0.458 e. The molecule has 30 heavy (non-hydrogen) atoms. The molecule has 0 saturated carbocycles. The Morgan fingerprint density at radius 3 is 2.80 bits per heavy atom. The molecule has 1 aromatic carbocycles. The summed E-state index contributed by atoms with van der Waals surface area (Å²) in [7, 11) is 3.68. The average molecular weight is 415 g/mol. The Morgan fingerprint density at radius 2 is 2.17 bits per heavy atom. The first kappa shape index (κ1) is 18.6. The van der Waals surface area contributed by atoms with Crippen molar-refractivity contribution < 1.29 is 28.1 Å². The number of hydrogen-bond acceptors (Lipinski definition) is 7. The molecule has 1 saturated heterocycles. The van der Waals surface area contributed by atoms with Gasteiger partial charge in [-0.1, -0.05) is 4.80 Å². The molecule has 11 heteroatoms. The van der Waals surface area contributed by atoms with Gasteiger partial charge in [-0.2, -0.15) is 4.68 Å². The van der Waals surface area contributed by atoms with Crippen molar-refractivity contribution in [3.05, 3.63) is 41.4 Å². The third-order valence-electron chi connectivity index (χ3n) is 5.47. The Morgan fingerprint density at radius 1 is 1.33 bits per heavy atom. The quantitative estimate of drug-likeness (QED) is 0.631. The molecule has 1 unspecified atom stereocenters. The maximum absolute atomic E-state index is 14.8. The van der Waals surface area contributed by atoms with Crippen LogP contribution in [0, 0.1) is 5.82 Å². The minimum Gasteiger partial charge on any atom is -0.458 e. The molecule has 0 bridgehead atoms. The summed E-state index contributed by atoms with van der Waals surface area (Å²) in [5, 5.41) is 17.3. The number of halogens is 1. The van der Waals surface area contributed by atoms with Gasteiger partial charge in [-0.3, -0.25) is 9.80 Å². The number of aromatic nitrogens is 4. The average Bonchev–Trinajstić information content (AvgIpc) is 3.46. The lowest BCUT2D eigenvalue weighted by molar-refractivity contribution is -0.745. The van der Waals surface area contributed by atoms with Gasteiger partial charge in [0.05, 0.1) is 50.1 Å². The van der Waals surface area contributed by atoms with Crippen LogP contribution in [0.5, 0.6) is 0 Å². The molecule has 1 N–H and O–H groups in total. The van der Waals surface area contributed by atoms with E-state index in [-0.39, 0.29) is 13.2 Å². The summed E-state index contributed by atoms with van der Waals surface area (Å²) in [4.78, 5) is 16.9. The number of aliphatic hydroxyl groups excluding tert-OH is 1. The molecule has 0 spiro atoms. The summed E-state index contributed by atoms with van der Waals surface area (Å²) in [6, 6.07) is 6.32. The number of aryl methyl sites for hydroxylation is 1. The molecular weight excluding hydrogens is 395 g/mol. The number of aliphatic hydroxyl groups is 1. The Bertz CT molecular complexity index is 1120. The molecule has 2 aliphatic heterocycles. The number of carbonyl (C=O) groups is 1. The molecule has 1 fully saturated rings. The molecule has 2 aromatic heterocycles. The number of fused-ring (bicyclic) bond motifs is 1. The van der Waals surface area contributed by atoms with Gasteiger partial charge < -0.3 is 14.3 Å². The number of furan rings is 1. The summed E-state index contributed by atoms with van der Waals surface area (Å²) < 4.78 is 27.6. The molecule has 3 aromatic rings. The Balaban J connectivity index is 1.36. The summed E-state index contributed by atoms with van der Waals surface area (Å²) in [6.45, 7) is 1.01.